The molecule has 1 aromatic heterocycles. The van der Waals surface area contributed by atoms with Crippen LogP contribution in [0.3, 0.4) is 0 Å². The molecule has 0 unspecified atom stereocenters. The van der Waals surface area contributed by atoms with Crippen LogP contribution in [0.5, 0.6) is 0 Å². The minimum atomic E-state index is -0.00222. The van der Waals surface area contributed by atoms with E-state index in [0.29, 0.717) is 6.61 Å². The second kappa shape index (κ2) is 8.60. The topological polar surface area (TPSA) is 40.6 Å². The minimum absolute atomic E-state index is 0.00222. The number of methoxy groups -OCH3 is 1. The van der Waals surface area contributed by atoms with Crippen LogP contribution in [-0.4, -0.2) is 47.8 Å². The maximum Gasteiger partial charge on any atom is 0.170 e. The van der Waals surface area contributed by atoms with E-state index in [1.54, 1.807) is 7.11 Å². The molecule has 0 amide bonds. The van der Waals surface area contributed by atoms with Crippen LogP contribution >= 0.6 is 12.2 Å². The lowest BCUT2D eigenvalue weighted by Crippen LogP contribution is -2.42. The van der Waals surface area contributed by atoms with Crippen molar-refractivity contribution in [3.05, 3.63) is 65.5 Å². The van der Waals surface area contributed by atoms with Crippen LogP contribution in [0.15, 0.2) is 48.7 Å². The highest BCUT2D eigenvalue weighted by atomic mass is 32.1. The first kappa shape index (κ1) is 21.8. The van der Waals surface area contributed by atoms with Crippen molar-refractivity contribution in [2.24, 2.45) is 0 Å². The van der Waals surface area contributed by atoms with Gasteiger partial charge in [0.2, 0.25) is 0 Å². The lowest BCUT2D eigenvalue weighted by atomic mass is 9.86. The zero-order valence-corrected chi connectivity index (χ0v) is 19.9. The molecule has 6 heteroatoms. The third kappa shape index (κ3) is 4.06. The summed E-state index contributed by atoms with van der Waals surface area (Å²) in [6, 6.07) is 13.0. The van der Waals surface area contributed by atoms with Gasteiger partial charge in [0.25, 0.3) is 0 Å². The molecule has 0 aliphatic carbocycles. The summed E-state index contributed by atoms with van der Waals surface area (Å²) < 4.78 is 5.29. The molecule has 31 heavy (non-hydrogen) atoms. The van der Waals surface area contributed by atoms with Crippen LogP contribution in [0, 0.1) is 0 Å². The molecular weight excluding hydrogens is 404 g/mol. The number of hydrogen-bond donors (Lipinski definition) is 1. The summed E-state index contributed by atoms with van der Waals surface area (Å²) in [7, 11) is 3.91. The number of nitrogens with zero attached hydrogens (tertiary/aromatic N) is 3. The molecule has 0 spiro atoms. The standard InChI is InChI=1S/C25H32N4OS/c1-17-16-25(2,3)28(4)21-11-10-18(15-19(17)21)23-22(20-9-6-7-12-26-20)27-24(31)29(23)13-8-14-30-5/h6-7,9-12,15-16,22-23H,8,13-14H2,1-5H3,(H,27,31)/t22-,23-/m0/s1. The van der Waals surface area contributed by atoms with Crippen molar-refractivity contribution in [2.75, 3.05) is 32.2 Å². The number of allylic oxidation sites excluding steroid dienone is 1. The smallest absolute Gasteiger partial charge is 0.170 e. The van der Waals surface area contributed by atoms with Gasteiger partial charge >= 0.3 is 0 Å². The number of fused-ring (bicyclic) bond motifs is 1. The predicted octanol–water partition coefficient (Wildman–Crippen LogP) is 4.72. The number of anilines is 1. The first-order valence-corrected chi connectivity index (χ1v) is 11.3. The van der Waals surface area contributed by atoms with Crippen LogP contribution in [0.1, 0.15) is 56.1 Å². The van der Waals surface area contributed by atoms with Crippen LogP contribution in [0.4, 0.5) is 5.69 Å². The van der Waals surface area contributed by atoms with Gasteiger partial charge in [-0.1, -0.05) is 18.2 Å². The first-order valence-electron chi connectivity index (χ1n) is 10.9. The maximum atomic E-state index is 5.76. The van der Waals surface area contributed by atoms with Crippen molar-refractivity contribution in [1.29, 1.82) is 0 Å². The normalized spacial score (nSPS) is 22.2. The minimum Gasteiger partial charge on any atom is -0.385 e. The van der Waals surface area contributed by atoms with Gasteiger partial charge in [-0.05, 0) is 74.8 Å². The average Bonchev–Trinajstić information content (AvgIpc) is 3.09. The average molecular weight is 437 g/mol. The molecule has 3 heterocycles. The Morgan fingerprint density at radius 3 is 2.74 bits per heavy atom. The number of pyridine rings is 1. The number of rotatable bonds is 6. The van der Waals surface area contributed by atoms with Gasteiger partial charge in [0.1, 0.15) is 0 Å². The fourth-order valence-electron chi connectivity index (χ4n) is 4.75. The van der Waals surface area contributed by atoms with Crippen molar-refractivity contribution >= 4 is 28.6 Å². The van der Waals surface area contributed by atoms with Crippen molar-refractivity contribution in [2.45, 2.75) is 44.8 Å². The van der Waals surface area contributed by atoms with E-state index in [1.165, 1.54) is 22.4 Å². The van der Waals surface area contributed by atoms with E-state index in [1.807, 2.05) is 18.3 Å². The summed E-state index contributed by atoms with van der Waals surface area (Å²) in [6.45, 7) is 8.27. The quantitative estimate of drug-likeness (QED) is 0.522. The Hall–Kier alpha value is -2.44. The van der Waals surface area contributed by atoms with Crippen LogP contribution in [0.25, 0.3) is 5.57 Å². The lowest BCUT2D eigenvalue weighted by Gasteiger charge is -2.41. The van der Waals surface area contributed by atoms with Crippen molar-refractivity contribution in [3.63, 3.8) is 0 Å². The Bertz CT molecular complexity index is 988. The second-order valence-corrected chi connectivity index (χ2v) is 9.37. The molecule has 2 aromatic rings. The van der Waals surface area contributed by atoms with Gasteiger partial charge in [0, 0.05) is 44.8 Å². The molecule has 1 N–H and O–H groups in total. The van der Waals surface area contributed by atoms with E-state index >= 15 is 0 Å². The Balaban J connectivity index is 1.76. The van der Waals surface area contributed by atoms with Crippen LogP contribution in [-0.2, 0) is 4.74 Å². The third-order valence-electron chi connectivity index (χ3n) is 6.53. The summed E-state index contributed by atoms with van der Waals surface area (Å²) in [4.78, 5) is 9.29. The largest absolute Gasteiger partial charge is 0.385 e. The first-order chi connectivity index (χ1) is 14.8. The fraction of sp³-hybridized carbons (Fsp3) is 0.440. The van der Waals surface area contributed by atoms with E-state index in [-0.39, 0.29) is 17.6 Å². The number of benzene rings is 1. The Morgan fingerprint density at radius 2 is 2.03 bits per heavy atom. The number of aromatic nitrogens is 1. The molecule has 2 aliphatic heterocycles. The zero-order valence-electron chi connectivity index (χ0n) is 19.1. The lowest BCUT2D eigenvalue weighted by molar-refractivity contribution is 0.180. The van der Waals surface area contributed by atoms with Crippen molar-refractivity contribution in [3.8, 4) is 0 Å². The highest BCUT2D eigenvalue weighted by Crippen LogP contribution is 2.43. The van der Waals surface area contributed by atoms with Gasteiger partial charge < -0.3 is 19.9 Å². The Morgan fingerprint density at radius 1 is 1.23 bits per heavy atom. The third-order valence-corrected chi connectivity index (χ3v) is 6.88. The van der Waals surface area contributed by atoms with E-state index in [4.69, 9.17) is 17.0 Å². The molecule has 1 fully saturated rings. The summed E-state index contributed by atoms with van der Waals surface area (Å²) in [6.07, 6.45) is 5.12. The molecule has 4 rings (SSSR count). The molecule has 2 aliphatic rings. The zero-order chi connectivity index (χ0) is 22.2. The predicted molar refractivity (Wildman–Crippen MR) is 131 cm³/mol. The van der Waals surface area contributed by atoms with Crippen molar-refractivity contribution in [1.82, 2.24) is 15.2 Å². The summed E-state index contributed by atoms with van der Waals surface area (Å²) in [5.74, 6) is 0. The monoisotopic (exact) mass is 436 g/mol. The molecule has 2 atom stereocenters. The van der Waals surface area contributed by atoms with Gasteiger partial charge in [-0.25, -0.2) is 0 Å². The Labute approximate surface area is 191 Å². The summed E-state index contributed by atoms with van der Waals surface area (Å²) in [5.41, 5.74) is 6.12. The van der Waals surface area contributed by atoms with Crippen LogP contribution in [0.2, 0.25) is 0 Å². The maximum absolute atomic E-state index is 5.76. The second-order valence-electron chi connectivity index (χ2n) is 8.98. The number of nitrogens with one attached hydrogen (secondary N) is 1. The van der Waals surface area contributed by atoms with E-state index < -0.39 is 0 Å². The number of hydrogen-bond acceptors (Lipinski definition) is 4. The molecule has 0 bridgehead atoms. The van der Waals surface area contributed by atoms with Gasteiger partial charge in [0.15, 0.2) is 5.11 Å². The van der Waals surface area contributed by atoms with Gasteiger partial charge in [-0.15, -0.1) is 0 Å². The van der Waals surface area contributed by atoms with E-state index in [9.17, 15) is 0 Å². The fourth-order valence-corrected chi connectivity index (χ4v) is 5.08. The van der Waals surface area contributed by atoms with Gasteiger partial charge in [-0.2, -0.15) is 0 Å². The van der Waals surface area contributed by atoms with Crippen molar-refractivity contribution < 1.29 is 4.74 Å². The number of likely N-dealkylation sites (N-methyl/N-ethyl adjacent to an activating group) is 1. The molecule has 164 valence electrons. The number of ether oxygens (including phenoxy) is 1. The van der Waals surface area contributed by atoms with E-state index in [2.05, 4.69) is 78.3 Å². The van der Waals surface area contributed by atoms with E-state index in [0.717, 1.165) is 23.8 Å². The highest BCUT2D eigenvalue weighted by Gasteiger charge is 2.40. The summed E-state index contributed by atoms with van der Waals surface area (Å²) in [5, 5.41) is 4.32. The molecule has 1 saturated heterocycles. The molecule has 0 radical (unpaired) electrons. The van der Waals surface area contributed by atoms with Crippen LogP contribution < -0.4 is 10.2 Å². The SMILES string of the molecule is COCCCN1C(=S)N[C@@H](c2ccccn2)[C@@H]1c1ccc2c(c1)C(C)=CC(C)(C)N2C. The number of thiocarbonyl (C=S) groups is 1. The molecular formula is C25H32N4OS. The highest BCUT2D eigenvalue weighted by molar-refractivity contribution is 7.80. The van der Waals surface area contributed by atoms with Gasteiger partial charge in [0.05, 0.1) is 23.3 Å². The van der Waals surface area contributed by atoms with Gasteiger partial charge in [-0.3, -0.25) is 4.98 Å². The molecule has 1 aromatic carbocycles. The molecule has 5 nitrogen and oxygen atoms in total. The molecule has 0 saturated carbocycles. The summed E-state index contributed by atoms with van der Waals surface area (Å²) >= 11 is 5.76. The Kier molecular flexibility index (Phi) is 6.04.